The van der Waals surface area contributed by atoms with E-state index in [0.717, 1.165) is 43.7 Å². The van der Waals surface area contributed by atoms with E-state index in [9.17, 15) is 4.79 Å². The van der Waals surface area contributed by atoms with Crippen molar-refractivity contribution in [3.63, 3.8) is 0 Å². The summed E-state index contributed by atoms with van der Waals surface area (Å²) >= 11 is 0. The van der Waals surface area contributed by atoms with Crippen molar-refractivity contribution < 1.29 is 13.6 Å². The summed E-state index contributed by atoms with van der Waals surface area (Å²) in [5.41, 5.74) is 1.47. The van der Waals surface area contributed by atoms with Crippen LogP contribution in [0.3, 0.4) is 0 Å². The third-order valence-corrected chi connectivity index (χ3v) is 4.29. The second-order valence-electron chi connectivity index (χ2n) is 5.79. The van der Waals surface area contributed by atoms with Gasteiger partial charge >= 0.3 is 0 Å². The minimum Gasteiger partial charge on any atom is -0.451 e. The Morgan fingerprint density at radius 2 is 1.87 bits per heavy atom. The molecule has 1 aliphatic heterocycles. The lowest BCUT2D eigenvalue weighted by molar-refractivity contribution is -0.139. The standard InChI is InChI=1S/C16H22N4O3/c1-2-19-6-4-3-5-15(19)16(21)20(7-13-9-22-11-17-13)8-14-10-23-12-18-14/h9-12,15H,2-8H2,1H3/t15-/m1/s1. The third kappa shape index (κ3) is 3.79. The summed E-state index contributed by atoms with van der Waals surface area (Å²) in [7, 11) is 0. The minimum absolute atomic E-state index is 0.0625. The van der Waals surface area contributed by atoms with Gasteiger partial charge in [0.25, 0.3) is 0 Å². The van der Waals surface area contributed by atoms with Crippen molar-refractivity contribution in [3.8, 4) is 0 Å². The molecule has 1 amide bonds. The summed E-state index contributed by atoms with van der Waals surface area (Å²) in [5, 5.41) is 0. The van der Waals surface area contributed by atoms with Crippen molar-refractivity contribution in [2.24, 2.45) is 0 Å². The summed E-state index contributed by atoms with van der Waals surface area (Å²) in [6, 6.07) is -0.0625. The number of amides is 1. The van der Waals surface area contributed by atoms with Crippen LogP contribution in [-0.4, -0.2) is 44.8 Å². The first-order valence-corrected chi connectivity index (χ1v) is 8.05. The molecule has 0 unspecified atom stereocenters. The van der Waals surface area contributed by atoms with Crippen LogP contribution in [-0.2, 0) is 17.9 Å². The van der Waals surface area contributed by atoms with Crippen LogP contribution in [0.4, 0.5) is 0 Å². The highest BCUT2D eigenvalue weighted by Crippen LogP contribution is 2.20. The van der Waals surface area contributed by atoms with Crippen molar-refractivity contribution in [2.45, 2.75) is 45.3 Å². The second-order valence-corrected chi connectivity index (χ2v) is 5.79. The molecular weight excluding hydrogens is 296 g/mol. The van der Waals surface area contributed by atoms with Gasteiger partial charge in [-0.1, -0.05) is 13.3 Å². The van der Waals surface area contributed by atoms with Crippen LogP contribution < -0.4 is 0 Å². The maximum absolute atomic E-state index is 13.1. The molecule has 2 aromatic heterocycles. The number of hydrogen-bond acceptors (Lipinski definition) is 6. The highest BCUT2D eigenvalue weighted by molar-refractivity contribution is 5.82. The molecule has 7 nitrogen and oxygen atoms in total. The number of rotatable bonds is 6. The van der Waals surface area contributed by atoms with Gasteiger partial charge < -0.3 is 13.7 Å². The Balaban J connectivity index is 1.76. The van der Waals surface area contributed by atoms with E-state index in [0.29, 0.717) is 13.1 Å². The van der Waals surface area contributed by atoms with Gasteiger partial charge in [-0.3, -0.25) is 9.69 Å². The number of oxazole rings is 2. The normalized spacial score (nSPS) is 18.9. The smallest absolute Gasteiger partial charge is 0.240 e. The molecule has 1 fully saturated rings. The van der Waals surface area contributed by atoms with Gasteiger partial charge in [0, 0.05) is 0 Å². The van der Waals surface area contributed by atoms with Crippen LogP contribution in [0.1, 0.15) is 37.6 Å². The van der Waals surface area contributed by atoms with Gasteiger partial charge in [-0.15, -0.1) is 0 Å². The number of carbonyl (C=O) groups is 1. The SMILES string of the molecule is CCN1CCCC[C@@H]1C(=O)N(Cc1cocn1)Cc1cocn1. The molecule has 23 heavy (non-hydrogen) atoms. The fraction of sp³-hybridized carbons (Fsp3) is 0.562. The zero-order valence-corrected chi connectivity index (χ0v) is 13.4. The van der Waals surface area contributed by atoms with Crippen LogP contribution in [0.2, 0.25) is 0 Å². The topological polar surface area (TPSA) is 75.6 Å². The molecule has 0 N–H and O–H groups in total. The van der Waals surface area contributed by atoms with E-state index in [1.807, 2.05) is 0 Å². The highest BCUT2D eigenvalue weighted by atomic mass is 16.3. The van der Waals surface area contributed by atoms with Crippen LogP contribution >= 0.6 is 0 Å². The molecule has 1 aliphatic rings. The Hall–Kier alpha value is -2.15. The maximum atomic E-state index is 13.1. The zero-order chi connectivity index (χ0) is 16.1. The molecule has 0 bridgehead atoms. The monoisotopic (exact) mass is 318 g/mol. The van der Waals surface area contributed by atoms with Crippen LogP contribution in [0, 0.1) is 0 Å². The molecule has 3 heterocycles. The summed E-state index contributed by atoms with van der Waals surface area (Å²) in [5.74, 6) is 0.123. The summed E-state index contributed by atoms with van der Waals surface area (Å²) in [4.78, 5) is 25.4. The number of carbonyl (C=O) groups excluding carboxylic acids is 1. The number of nitrogens with zero attached hydrogens (tertiary/aromatic N) is 4. The van der Waals surface area contributed by atoms with E-state index < -0.39 is 0 Å². The van der Waals surface area contributed by atoms with E-state index in [2.05, 4.69) is 21.8 Å². The van der Waals surface area contributed by atoms with E-state index in [1.54, 1.807) is 17.4 Å². The van der Waals surface area contributed by atoms with Gasteiger partial charge in [0.05, 0.1) is 30.5 Å². The first-order chi connectivity index (χ1) is 11.3. The predicted molar refractivity (Wildman–Crippen MR) is 82.1 cm³/mol. The van der Waals surface area contributed by atoms with E-state index in [1.165, 1.54) is 12.8 Å². The summed E-state index contributed by atoms with van der Waals surface area (Å²) in [6.07, 6.45) is 9.06. The number of likely N-dealkylation sites (N-methyl/N-ethyl adjacent to an activating group) is 1. The molecule has 1 atom stereocenters. The van der Waals surface area contributed by atoms with Gasteiger partial charge in [0.1, 0.15) is 12.5 Å². The number of hydrogen-bond donors (Lipinski definition) is 0. The molecule has 0 radical (unpaired) electrons. The number of piperidine rings is 1. The largest absolute Gasteiger partial charge is 0.451 e. The first-order valence-electron chi connectivity index (χ1n) is 8.05. The molecule has 3 rings (SSSR count). The zero-order valence-electron chi connectivity index (χ0n) is 13.4. The van der Waals surface area contributed by atoms with Crippen molar-refractivity contribution in [3.05, 3.63) is 36.7 Å². The summed E-state index contributed by atoms with van der Waals surface area (Å²) < 4.78 is 10.0. The lowest BCUT2D eigenvalue weighted by Gasteiger charge is -2.36. The molecule has 2 aromatic rings. The first kappa shape index (κ1) is 15.7. The quantitative estimate of drug-likeness (QED) is 0.811. The average molecular weight is 318 g/mol. The van der Waals surface area contributed by atoms with Gasteiger partial charge in [-0.05, 0) is 25.9 Å². The van der Waals surface area contributed by atoms with Gasteiger partial charge in [-0.25, -0.2) is 9.97 Å². The second kappa shape index (κ2) is 7.41. The Kier molecular flexibility index (Phi) is 5.07. The highest BCUT2D eigenvalue weighted by Gasteiger charge is 2.31. The number of aromatic nitrogens is 2. The van der Waals surface area contributed by atoms with Crippen molar-refractivity contribution in [1.82, 2.24) is 19.8 Å². The van der Waals surface area contributed by atoms with Gasteiger partial charge in [0.2, 0.25) is 5.91 Å². The maximum Gasteiger partial charge on any atom is 0.240 e. The molecule has 124 valence electrons. The predicted octanol–water partition coefficient (Wildman–Crippen LogP) is 2.07. The molecule has 0 saturated carbocycles. The van der Waals surface area contributed by atoms with Crippen LogP contribution in [0.5, 0.6) is 0 Å². The van der Waals surface area contributed by atoms with E-state index in [4.69, 9.17) is 8.83 Å². The minimum atomic E-state index is -0.0625. The van der Waals surface area contributed by atoms with Gasteiger partial charge in [-0.2, -0.15) is 0 Å². The van der Waals surface area contributed by atoms with Crippen molar-refractivity contribution >= 4 is 5.91 Å². The average Bonchev–Trinajstić information content (AvgIpc) is 3.27. The van der Waals surface area contributed by atoms with E-state index in [-0.39, 0.29) is 11.9 Å². The molecule has 1 saturated heterocycles. The Bertz CT molecular complexity index is 561. The molecule has 7 heteroatoms. The third-order valence-electron chi connectivity index (χ3n) is 4.29. The molecular formula is C16H22N4O3. The van der Waals surface area contributed by atoms with Crippen molar-refractivity contribution in [1.29, 1.82) is 0 Å². The Labute approximate surface area is 135 Å². The molecule has 0 aromatic carbocycles. The van der Waals surface area contributed by atoms with Crippen LogP contribution in [0.25, 0.3) is 0 Å². The van der Waals surface area contributed by atoms with Crippen molar-refractivity contribution in [2.75, 3.05) is 13.1 Å². The van der Waals surface area contributed by atoms with E-state index >= 15 is 0 Å². The lowest BCUT2D eigenvalue weighted by atomic mass is 10.0. The fourth-order valence-corrected chi connectivity index (χ4v) is 3.09. The Morgan fingerprint density at radius 3 is 2.39 bits per heavy atom. The molecule has 0 spiro atoms. The summed E-state index contributed by atoms with van der Waals surface area (Å²) in [6.45, 7) is 4.80. The Morgan fingerprint density at radius 1 is 1.22 bits per heavy atom. The van der Waals surface area contributed by atoms with Crippen LogP contribution in [0.15, 0.2) is 34.1 Å². The lowest BCUT2D eigenvalue weighted by Crippen LogP contribution is -2.50. The molecule has 0 aliphatic carbocycles. The fourth-order valence-electron chi connectivity index (χ4n) is 3.09. The van der Waals surface area contributed by atoms with Gasteiger partial charge in [0.15, 0.2) is 12.8 Å². The number of likely N-dealkylation sites (tertiary alicyclic amines) is 1.